The Kier molecular flexibility index (Phi) is 2.47. The Balaban J connectivity index is 2.88. The highest BCUT2D eigenvalue weighted by molar-refractivity contribution is 5.92. The van der Waals surface area contributed by atoms with Crippen molar-refractivity contribution < 1.29 is 4.74 Å². The Morgan fingerprint density at radius 1 is 1.75 bits per heavy atom. The Hall–Kier alpha value is -1.32. The number of nitrogens with zero attached hydrogens (tertiary/aromatic N) is 2. The van der Waals surface area contributed by atoms with Gasteiger partial charge in [-0.15, -0.1) is 0 Å². The number of rotatable bonds is 2. The number of nitrogens with one attached hydrogen (secondary N) is 1. The third kappa shape index (κ3) is 1.47. The molecule has 0 saturated carbocycles. The predicted octanol–water partition coefficient (Wildman–Crippen LogP) is 1.09. The minimum absolute atomic E-state index is 0.197. The van der Waals surface area contributed by atoms with Crippen LogP contribution in [-0.4, -0.2) is 22.3 Å². The summed E-state index contributed by atoms with van der Waals surface area (Å²) < 4.78 is 6.78. The molecule has 0 fully saturated rings. The van der Waals surface area contributed by atoms with E-state index >= 15 is 0 Å². The summed E-state index contributed by atoms with van der Waals surface area (Å²) in [6.07, 6.45) is 1.65. The van der Waals surface area contributed by atoms with Crippen molar-refractivity contribution in [1.82, 2.24) is 9.78 Å². The molecule has 0 radical (unpaired) electrons. The van der Waals surface area contributed by atoms with E-state index in [-0.39, 0.29) is 5.90 Å². The van der Waals surface area contributed by atoms with Crippen LogP contribution in [0.5, 0.6) is 0 Å². The average molecular weight is 167 g/mol. The summed E-state index contributed by atoms with van der Waals surface area (Å²) in [5.74, 6) is 0.197. The van der Waals surface area contributed by atoms with Crippen LogP contribution in [0, 0.1) is 12.3 Å². The molecule has 0 aliphatic rings. The molecule has 4 nitrogen and oxygen atoms in total. The van der Waals surface area contributed by atoms with E-state index in [1.165, 1.54) is 0 Å². The first-order chi connectivity index (χ1) is 5.66. The highest BCUT2D eigenvalue weighted by Gasteiger charge is 2.09. The van der Waals surface area contributed by atoms with Crippen LogP contribution in [0.15, 0.2) is 6.20 Å². The number of aromatic nitrogens is 2. The molecule has 0 aromatic carbocycles. The van der Waals surface area contributed by atoms with Crippen molar-refractivity contribution in [2.45, 2.75) is 13.8 Å². The zero-order valence-electron chi connectivity index (χ0n) is 7.59. The van der Waals surface area contributed by atoms with Crippen molar-refractivity contribution >= 4 is 5.90 Å². The van der Waals surface area contributed by atoms with Crippen LogP contribution in [0.3, 0.4) is 0 Å². The SMILES string of the molecule is CCOC(=N)c1cnn(C)c1C. The number of ether oxygens (including phenoxy) is 1. The summed E-state index contributed by atoms with van der Waals surface area (Å²) in [6.45, 7) is 4.29. The van der Waals surface area contributed by atoms with Gasteiger partial charge in [-0.2, -0.15) is 5.10 Å². The van der Waals surface area contributed by atoms with Gasteiger partial charge in [-0.1, -0.05) is 0 Å². The number of hydrogen-bond acceptors (Lipinski definition) is 3. The van der Waals surface area contributed by atoms with Gasteiger partial charge in [0.1, 0.15) is 0 Å². The minimum Gasteiger partial charge on any atom is -0.478 e. The lowest BCUT2D eigenvalue weighted by Gasteiger charge is -2.02. The first kappa shape index (κ1) is 8.77. The molecule has 1 aromatic heterocycles. The van der Waals surface area contributed by atoms with Gasteiger partial charge in [-0.05, 0) is 13.8 Å². The summed E-state index contributed by atoms with van der Waals surface area (Å²) in [7, 11) is 1.85. The fraction of sp³-hybridized carbons (Fsp3) is 0.500. The van der Waals surface area contributed by atoms with Gasteiger partial charge in [0.15, 0.2) is 0 Å². The van der Waals surface area contributed by atoms with Gasteiger partial charge in [0.05, 0.1) is 18.4 Å². The quantitative estimate of drug-likeness (QED) is 0.529. The van der Waals surface area contributed by atoms with Crippen LogP contribution < -0.4 is 0 Å². The molecular formula is C8H13N3O. The summed E-state index contributed by atoms with van der Waals surface area (Å²) in [4.78, 5) is 0. The molecule has 1 rings (SSSR count). The van der Waals surface area contributed by atoms with Gasteiger partial charge in [0.2, 0.25) is 5.90 Å². The standard InChI is InChI=1S/C8H13N3O/c1-4-12-8(9)7-5-10-11(3)6(7)2/h5,9H,4H2,1-3H3. The molecule has 0 unspecified atom stereocenters. The number of aryl methyl sites for hydroxylation is 1. The van der Waals surface area contributed by atoms with Gasteiger partial charge in [-0.25, -0.2) is 0 Å². The molecule has 0 amide bonds. The van der Waals surface area contributed by atoms with Crippen molar-refractivity contribution in [2.24, 2.45) is 7.05 Å². The van der Waals surface area contributed by atoms with Gasteiger partial charge < -0.3 is 4.74 Å². The molecule has 0 saturated heterocycles. The zero-order chi connectivity index (χ0) is 9.14. The summed E-state index contributed by atoms with van der Waals surface area (Å²) in [6, 6.07) is 0. The van der Waals surface area contributed by atoms with Crippen LogP contribution >= 0.6 is 0 Å². The summed E-state index contributed by atoms with van der Waals surface area (Å²) >= 11 is 0. The van der Waals surface area contributed by atoms with Gasteiger partial charge in [0, 0.05) is 12.7 Å². The van der Waals surface area contributed by atoms with Crippen LogP contribution in [-0.2, 0) is 11.8 Å². The van der Waals surface area contributed by atoms with E-state index in [9.17, 15) is 0 Å². The molecule has 4 heteroatoms. The van der Waals surface area contributed by atoms with Gasteiger partial charge in [0.25, 0.3) is 0 Å². The van der Waals surface area contributed by atoms with Crippen molar-refractivity contribution in [3.63, 3.8) is 0 Å². The molecule has 0 atom stereocenters. The normalized spacial score (nSPS) is 9.92. The van der Waals surface area contributed by atoms with Crippen molar-refractivity contribution in [3.05, 3.63) is 17.5 Å². The monoisotopic (exact) mass is 167 g/mol. The maximum absolute atomic E-state index is 7.51. The summed E-state index contributed by atoms with van der Waals surface area (Å²) in [5.41, 5.74) is 1.72. The average Bonchev–Trinajstić information content (AvgIpc) is 2.34. The number of hydrogen-bond donors (Lipinski definition) is 1. The Morgan fingerprint density at radius 2 is 2.42 bits per heavy atom. The third-order valence-corrected chi connectivity index (χ3v) is 1.77. The van der Waals surface area contributed by atoms with Crippen molar-refractivity contribution in [2.75, 3.05) is 6.61 Å². The first-order valence-electron chi connectivity index (χ1n) is 3.87. The minimum atomic E-state index is 0.197. The smallest absolute Gasteiger partial charge is 0.216 e. The summed E-state index contributed by atoms with van der Waals surface area (Å²) in [5, 5.41) is 11.5. The largest absolute Gasteiger partial charge is 0.478 e. The van der Waals surface area contributed by atoms with E-state index in [1.807, 2.05) is 20.9 Å². The lowest BCUT2D eigenvalue weighted by molar-refractivity contribution is 0.325. The molecule has 1 aromatic rings. The lowest BCUT2D eigenvalue weighted by atomic mass is 10.2. The maximum Gasteiger partial charge on any atom is 0.216 e. The molecule has 1 N–H and O–H groups in total. The molecule has 0 aliphatic heterocycles. The second-order valence-electron chi connectivity index (χ2n) is 2.53. The fourth-order valence-corrected chi connectivity index (χ4v) is 0.944. The Bertz CT molecular complexity index is 290. The molecule has 0 spiro atoms. The van der Waals surface area contributed by atoms with E-state index in [0.29, 0.717) is 6.61 Å². The lowest BCUT2D eigenvalue weighted by Crippen LogP contribution is -2.06. The molecule has 0 bridgehead atoms. The van der Waals surface area contributed by atoms with E-state index in [1.54, 1.807) is 10.9 Å². The fourth-order valence-electron chi connectivity index (χ4n) is 0.944. The van der Waals surface area contributed by atoms with Crippen molar-refractivity contribution in [3.8, 4) is 0 Å². The zero-order valence-corrected chi connectivity index (χ0v) is 7.59. The van der Waals surface area contributed by atoms with E-state index in [0.717, 1.165) is 11.3 Å². The predicted molar refractivity (Wildman–Crippen MR) is 46.4 cm³/mol. The third-order valence-electron chi connectivity index (χ3n) is 1.77. The molecule has 12 heavy (non-hydrogen) atoms. The highest BCUT2D eigenvalue weighted by Crippen LogP contribution is 2.06. The first-order valence-corrected chi connectivity index (χ1v) is 3.87. The van der Waals surface area contributed by atoms with Crippen LogP contribution in [0.2, 0.25) is 0 Å². The van der Waals surface area contributed by atoms with Crippen LogP contribution in [0.25, 0.3) is 0 Å². The highest BCUT2D eigenvalue weighted by atomic mass is 16.5. The Labute approximate surface area is 71.7 Å². The Morgan fingerprint density at radius 3 is 2.83 bits per heavy atom. The topological polar surface area (TPSA) is 50.9 Å². The molecule has 0 aliphatic carbocycles. The van der Waals surface area contributed by atoms with E-state index in [2.05, 4.69) is 5.10 Å². The van der Waals surface area contributed by atoms with Crippen molar-refractivity contribution in [1.29, 1.82) is 5.41 Å². The maximum atomic E-state index is 7.51. The second kappa shape index (κ2) is 3.38. The second-order valence-corrected chi connectivity index (χ2v) is 2.53. The molecule has 1 heterocycles. The molecule has 66 valence electrons. The van der Waals surface area contributed by atoms with Gasteiger partial charge in [-0.3, -0.25) is 10.1 Å². The van der Waals surface area contributed by atoms with Crippen LogP contribution in [0.4, 0.5) is 0 Å². The van der Waals surface area contributed by atoms with E-state index in [4.69, 9.17) is 10.1 Å². The molecular weight excluding hydrogens is 154 g/mol. The van der Waals surface area contributed by atoms with E-state index < -0.39 is 0 Å². The van der Waals surface area contributed by atoms with Crippen LogP contribution in [0.1, 0.15) is 18.2 Å². The van der Waals surface area contributed by atoms with Gasteiger partial charge >= 0.3 is 0 Å².